The number of halogens is 1. The zero-order valence-corrected chi connectivity index (χ0v) is 11.7. The quantitative estimate of drug-likeness (QED) is 0.936. The van der Waals surface area contributed by atoms with Crippen LogP contribution in [0.3, 0.4) is 0 Å². The Labute approximate surface area is 123 Å². The summed E-state index contributed by atoms with van der Waals surface area (Å²) in [4.78, 5) is 2.28. The summed E-state index contributed by atoms with van der Waals surface area (Å²) in [5.41, 5.74) is 1.12. The van der Waals surface area contributed by atoms with Gasteiger partial charge >= 0.3 is 0 Å². The highest BCUT2D eigenvalue weighted by Crippen LogP contribution is 2.24. The molecule has 0 radical (unpaired) electrons. The van der Waals surface area contributed by atoms with E-state index in [0.29, 0.717) is 0 Å². The highest BCUT2D eigenvalue weighted by atomic mass is 19.1. The van der Waals surface area contributed by atoms with Gasteiger partial charge in [0, 0.05) is 31.6 Å². The van der Waals surface area contributed by atoms with Gasteiger partial charge in [-0.1, -0.05) is 0 Å². The van der Waals surface area contributed by atoms with E-state index in [1.54, 1.807) is 24.3 Å². The van der Waals surface area contributed by atoms with Crippen molar-refractivity contribution in [3.05, 3.63) is 54.3 Å². The topological polar surface area (TPSA) is 32.7 Å². The predicted molar refractivity (Wildman–Crippen MR) is 80.4 cm³/mol. The van der Waals surface area contributed by atoms with Crippen LogP contribution in [0.4, 0.5) is 10.1 Å². The van der Waals surface area contributed by atoms with Gasteiger partial charge in [0.25, 0.3) is 0 Å². The summed E-state index contributed by atoms with van der Waals surface area (Å²) in [6, 6.07) is 13.4. The van der Waals surface area contributed by atoms with Crippen molar-refractivity contribution in [1.29, 1.82) is 0 Å². The molecule has 1 fully saturated rings. The van der Waals surface area contributed by atoms with Crippen molar-refractivity contribution >= 4 is 5.69 Å². The number of piperidine rings is 1. The minimum atomic E-state index is -0.246. The van der Waals surface area contributed by atoms with E-state index in [1.807, 2.05) is 12.1 Å². The first-order valence-corrected chi connectivity index (χ1v) is 7.17. The molecule has 1 saturated heterocycles. The molecule has 1 aliphatic heterocycles. The van der Waals surface area contributed by atoms with Crippen molar-refractivity contribution in [2.45, 2.75) is 18.9 Å². The van der Waals surface area contributed by atoms with E-state index < -0.39 is 0 Å². The zero-order chi connectivity index (χ0) is 14.7. The molecule has 1 heterocycles. The summed E-state index contributed by atoms with van der Waals surface area (Å²) >= 11 is 0. The molecule has 0 bridgehead atoms. The van der Waals surface area contributed by atoms with E-state index in [-0.39, 0.29) is 17.7 Å². The van der Waals surface area contributed by atoms with Crippen LogP contribution < -0.4 is 9.64 Å². The third kappa shape index (κ3) is 3.45. The summed E-state index contributed by atoms with van der Waals surface area (Å²) in [7, 11) is 0. The monoisotopic (exact) mass is 287 g/mol. The van der Waals surface area contributed by atoms with Gasteiger partial charge in [0.1, 0.15) is 23.4 Å². The molecule has 0 saturated carbocycles. The van der Waals surface area contributed by atoms with Crippen LogP contribution in [0.5, 0.6) is 11.5 Å². The maximum atomic E-state index is 12.9. The van der Waals surface area contributed by atoms with Gasteiger partial charge in [0.05, 0.1) is 0 Å². The van der Waals surface area contributed by atoms with E-state index >= 15 is 0 Å². The van der Waals surface area contributed by atoms with E-state index in [4.69, 9.17) is 4.74 Å². The first kappa shape index (κ1) is 13.7. The average molecular weight is 287 g/mol. The number of aromatic hydroxyl groups is 1. The predicted octanol–water partition coefficient (Wildman–Crippen LogP) is 3.58. The van der Waals surface area contributed by atoms with Crippen molar-refractivity contribution in [2.24, 2.45) is 0 Å². The van der Waals surface area contributed by atoms with Crippen LogP contribution in [0.15, 0.2) is 48.5 Å². The van der Waals surface area contributed by atoms with Gasteiger partial charge in [-0.2, -0.15) is 0 Å². The minimum absolute atomic E-state index is 0.170. The second-order valence-electron chi connectivity index (χ2n) is 5.27. The van der Waals surface area contributed by atoms with Crippen molar-refractivity contribution in [2.75, 3.05) is 18.0 Å². The molecule has 2 aromatic carbocycles. The number of rotatable bonds is 3. The van der Waals surface area contributed by atoms with Crippen LogP contribution in [0.2, 0.25) is 0 Å². The molecular formula is C17H18FNO2. The lowest BCUT2D eigenvalue weighted by atomic mass is 10.1. The van der Waals surface area contributed by atoms with Gasteiger partial charge < -0.3 is 14.7 Å². The third-order valence-electron chi connectivity index (χ3n) is 3.77. The molecule has 0 unspecified atom stereocenters. The van der Waals surface area contributed by atoms with E-state index in [2.05, 4.69) is 4.90 Å². The normalized spacial score (nSPS) is 16.0. The molecule has 0 aliphatic carbocycles. The minimum Gasteiger partial charge on any atom is -0.508 e. The maximum Gasteiger partial charge on any atom is 0.123 e. The van der Waals surface area contributed by atoms with Gasteiger partial charge in [-0.05, 0) is 48.5 Å². The summed E-state index contributed by atoms with van der Waals surface area (Å²) in [5.74, 6) is 0.761. The van der Waals surface area contributed by atoms with Crippen molar-refractivity contribution in [3.8, 4) is 11.5 Å². The number of ether oxygens (including phenoxy) is 1. The molecule has 3 nitrogen and oxygen atoms in total. The number of anilines is 1. The average Bonchev–Trinajstić information content (AvgIpc) is 2.51. The van der Waals surface area contributed by atoms with Crippen molar-refractivity contribution < 1.29 is 14.2 Å². The maximum absolute atomic E-state index is 12.9. The van der Waals surface area contributed by atoms with Crippen LogP contribution in [0, 0.1) is 5.82 Å². The Hall–Kier alpha value is -2.23. The van der Waals surface area contributed by atoms with E-state index in [1.165, 1.54) is 12.1 Å². The van der Waals surface area contributed by atoms with Crippen LogP contribution in [0.25, 0.3) is 0 Å². The first-order chi connectivity index (χ1) is 10.2. The fraction of sp³-hybridized carbons (Fsp3) is 0.294. The summed E-state index contributed by atoms with van der Waals surface area (Å²) in [6.07, 6.45) is 2.03. The number of nitrogens with zero attached hydrogens (tertiary/aromatic N) is 1. The van der Waals surface area contributed by atoms with Crippen LogP contribution in [0.1, 0.15) is 12.8 Å². The zero-order valence-electron chi connectivity index (χ0n) is 11.7. The number of benzene rings is 2. The number of hydrogen-bond acceptors (Lipinski definition) is 3. The Morgan fingerprint density at radius 1 is 0.952 bits per heavy atom. The molecule has 0 spiro atoms. The number of phenolic OH excluding ortho intramolecular Hbond substituents is 1. The third-order valence-corrected chi connectivity index (χ3v) is 3.77. The second kappa shape index (κ2) is 6.04. The highest BCUT2D eigenvalue weighted by molar-refractivity contribution is 5.49. The number of phenols is 1. The molecule has 21 heavy (non-hydrogen) atoms. The molecule has 2 aromatic rings. The van der Waals surface area contributed by atoms with E-state index in [0.717, 1.165) is 37.4 Å². The largest absolute Gasteiger partial charge is 0.508 e. The summed E-state index contributed by atoms with van der Waals surface area (Å²) in [5, 5.41) is 9.32. The Morgan fingerprint density at radius 2 is 1.57 bits per heavy atom. The molecule has 0 atom stereocenters. The second-order valence-corrected chi connectivity index (χ2v) is 5.27. The SMILES string of the molecule is Oc1ccc(N2CCC(Oc3ccc(F)cc3)CC2)cc1. The Kier molecular flexibility index (Phi) is 3.95. The van der Waals surface area contributed by atoms with Gasteiger partial charge in [0.2, 0.25) is 0 Å². The lowest BCUT2D eigenvalue weighted by Gasteiger charge is -2.33. The van der Waals surface area contributed by atoms with Gasteiger partial charge in [-0.3, -0.25) is 0 Å². The Morgan fingerprint density at radius 3 is 2.19 bits per heavy atom. The fourth-order valence-electron chi connectivity index (χ4n) is 2.60. The smallest absolute Gasteiger partial charge is 0.123 e. The van der Waals surface area contributed by atoms with Crippen LogP contribution in [-0.2, 0) is 0 Å². The highest BCUT2D eigenvalue weighted by Gasteiger charge is 2.20. The van der Waals surface area contributed by atoms with Crippen LogP contribution in [-0.4, -0.2) is 24.3 Å². The Balaban J connectivity index is 1.55. The summed E-state index contributed by atoms with van der Waals surface area (Å²) < 4.78 is 18.7. The van der Waals surface area contributed by atoms with Crippen LogP contribution >= 0.6 is 0 Å². The molecule has 1 aliphatic rings. The lowest BCUT2D eigenvalue weighted by molar-refractivity contribution is 0.171. The molecule has 0 aromatic heterocycles. The van der Waals surface area contributed by atoms with Crippen molar-refractivity contribution in [1.82, 2.24) is 0 Å². The van der Waals surface area contributed by atoms with Crippen molar-refractivity contribution in [3.63, 3.8) is 0 Å². The lowest BCUT2D eigenvalue weighted by Crippen LogP contribution is -2.38. The Bertz CT molecular complexity index is 575. The molecule has 0 amide bonds. The molecule has 110 valence electrons. The number of hydrogen-bond donors (Lipinski definition) is 1. The first-order valence-electron chi connectivity index (χ1n) is 7.17. The molecule has 1 N–H and O–H groups in total. The molecule has 4 heteroatoms. The van der Waals surface area contributed by atoms with Gasteiger partial charge in [0.15, 0.2) is 0 Å². The van der Waals surface area contributed by atoms with Gasteiger partial charge in [-0.15, -0.1) is 0 Å². The fourth-order valence-corrected chi connectivity index (χ4v) is 2.60. The summed E-state index contributed by atoms with van der Waals surface area (Å²) in [6.45, 7) is 1.83. The van der Waals surface area contributed by atoms with E-state index in [9.17, 15) is 9.50 Å². The molecular weight excluding hydrogens is 269 g/mol. The molecule has 3 rings (SSSR count). The standard InChI is InChI=1S/C17H18FNO2/c18-13-1-7-16(8-2-13)21-17-9-11-19(12-10-17)14-3-5-15(20)6-4-14/h1-8,17,20H,9-12H2. The van der Waals surface area contributed by atoms with Gasteiger partial charge in [-0.25, -0.2) is 4.39 Å².